The summed E-state index contributed by atoms with van der Waals surface area (Å²) in [6.07, 6.45) is 2.52. The second-order valence-electron chi connectivity index (χ2n) is 9.65. The number of hydrazone groups is 1. The molecule has 5 aromatic rings. The second-order valence-corrected chi connectivity index (χ2v) is 9.65. The van der Waals surface area contributed by atoms with Gasteiger partial charge >= 0.3 is 0 Å². The molecule has 200 valence electrons. The number of rotatable bonds is 8. The van der Waals surface area contributed by atoms with Gasteiger partial charge in [-0.1, -0.05) is 68.4 Å². The molecule has 5 rings (SSSR count). The van der Waals surface area contributed by atoms with Gasteiger partial charge in [-0.2, -0.15) is 5.10 Å². The van der Waals surface area contributed by atoms with Crippen molar-refractivity contribution >= 4 is 34.1 Å². The average molecular weight is 531 g/mol. The lowest BCUT2D eigenvalue weighted by Crippen LogP contribution is -2.20. The van der Waals surface area contributed by atoms with Crippen molar-refractivity contribution in [1.29, 1.82) is 0 Å². The minimum atomic E-state index is -0.328. The van der Waals surface area contributed by atoms with Gasteiger partial charge in [-0.3, -0.25) is 9.59 Å². The number of carbonyl (C=O) groups is 2. The highest BCUT2D eigenvalue weighted by Gasteiger charge is 2.15. The zero-order valence-corrected chi connectivity index (χ0v) is 22.6. The van der Waals surface area contributed by atoms with Crippen molar-refractivity contribution < 1.29 is 14.0 Å². The smallest absolute Gasteiger partial charge is 0.291 e. The Hall–Kier alpha value is -5.04. The SMILES string of the molecule is CCC(C)c1ccc(-c2cc(C(=O)NN=C(C)c3ccc(NC(=O)c4ccco4)cc3)c3ccccc3n2)cc1. The predicted molar refractivity (Wildman–Crippen MR) is 159 cm³/mol. The molecule has 40 heavy (non-hydrogen) atoms. The third-order valence-corrected chi connectivity index (χ3v) is 6.98. The van der Waals surface area contributed by atoms with Gasteiger partial charge < -0.3 is 9.73 Å². The Morgan fingerprint density at radius 3 is 2.38 bits per heavy atom. The summed E-state index contributed by atoms with van der Waals surface area (Å²) in [6.45, 7) is 6.20. The largest absolute Gasteiger partial charge is 0.459 e. The maximum Gasteiger partial charge on any atom is 0.291 e. The van der Waals surface area contributed by atoms with Crippen LogP contribution in [0.3, 0.4) is 0 Å². The fourth-order valence-electron chi connectivity index (χ4n) is 4.38. The number of pyridine rings is 1. The molecule has 7 heteroatoms. The first-order chi connectivity index (χ1) is 19.4. The topological polar surface area (TPSA) is 96.6 Å². The zero-order chi connectivity index (χ0) is 28.1. The van der Waals surface area contributed by atoms with Crippen LogP contribution in [-0.4, -0.2) is 22.5 Å². The molecule has 0 spiro atoms. The van der Waals surface area contributed by atoms with E-state index in [0.717, 1.165) is 34.1 Å². The lowest BCUT2D eigenvalue weighted by Gasteiger charge is -2.12. The fourth-order valence-corrected chi connectivity index (χ4v) is 4.38. The Balaban J connectivity index is 1.34. The Morgan fingerprint density at radius 2 is 1.68 bits per heavy atom. The number of amides is 2. The van der Waals surface area contributed by atoms with Crippen LogP contribution >= 0.6 is 0 Å². The summed E-state index contributed by atoms with van der Waals surface area (Å²) in [5.41, 5.74) is 8.95. The Bertz CT molecular complexity index is 1670. The lowest BCUT2D eigenvalue weighted by molar-refractivity contribution is 0.0955. The summed E-state index contributed by atoms with van der Waals surface area (Å²) in [5.74, 6) is 0.0701. The molecule has 3 aromatic carbocycles. The minimum absolute atomic E-state index is 0.236. The monoisotopic (exact) mass is 530 g/mol. The van der Waals surface area contributed by atoms with E-state index in [2.05, 4.69) is 54.0 Å². The molecule has 7 nitrogen and oxygen atoms in total. The highest BCUT2D eigenvalue weighted by Crippen LogP contribution is 2.27. The Labute approximate surface area is 233 Å². The second kappa shape index (κ2) is 11.8. The molecule has 0 radical (unpaired) electrons. The van der Waals surface area contributed by atoms with Crippen molar-refractivity contribution in [3.63, 3.8) is 0 Å². The normalized spacial score (nSPS) is 12.2. The van der Waals surface area contributed by atoms with Crippen LogP contribution in [0.15, 0.2) is 107 Å². The van der Waals surface area contributed by atoms with Gasteiger partial charge in [0.25, 0.3) is 11.8 Å². The number of carbonyl (C=O) groups excluding carboxylic acids is 2. The van der Waals surface area contributed by atoms with Crippen LogP contribution in [0.4, 0.5) is 5.69 Å². The van der Waals surface area contributed by atoms with Gasteiger partial charge in [-0.25, -0.2) is 10.4 Å². The van der Waals surface area contributed by atoms with Gasteiger partial charge in [0, 0.05) is 16.6 Å². The van der Waals surface area contributed by atoms with Gasteiger partial charge in [0.05, 0.1) is 28.7 Å². The first kappa shape index (κ1) is 26.6. The van der Waals surface area contributed by atoms with Crippen LogP contribution in [0.25, 0.3) is 22.2 Å². The molecule has 1 atom stereocenters. The molecule has 1 unspecified atom stereocenters. The van der Waals surface area contributed by atoms with Crippen LogP contribution in [0.2, 0.25) is 0 Å². The summed E-state index contributed by atoms with van der Waals surface area (Å²) in [5, 5.41) is 7.88. The first-order valence-corrected chi connectivity index (χ1v) is 13.2. The molecule has 0 aliphatic heterocycles. The molecule has 2 heterocycles. The van der Waals surface area contributed by atoms with E-state index in [0.29, 0.717) is 22.9 Å². The number of para-hydroxylation sites is 1. The minimum Gasteiger partial charge on any atom is -0.459 e. The Morgan fingerprint density at radius 1 is 0.925 bits per heavy atom. The number of nitrogens with zero attached hydrogens (tertiary/aromatic N) is 2. The highest BCUT2D eigenvalue weighted by atomic mass is 16.3. The zero-order valence-electron chi connectivity index (χ0n) is 22.6. The molecule has 0 aliphatic rings. The van der Waals surface area contributed by atoms with E-state index < -0.39 is 0 Å². The van der Waals surface area contributed by atoms with E-state index in [1.54, 1.807) is 24.3 Å². The van der Waals surface area contributed by atoms with E-state index in [-0.39, 0.29) is 17.6 Å². The van der Waals surface area contributed by atoms with Gasteiger partial charge in [0.2, 0.25) is 0 Å². The number of anilines is 1. The van der Waals surface area contributed by atoms with Crippen molar-refractivity contribution in [2.24, 2.45) is 5.10 Å². The van der Waals surface area contributed by atoms with Crippen LogP contribution in [0.5, 0.6) is 0 Å². The van der Waals surface area contributed by atoms with Crippen LogP contribution in [0, 0.1) is 0 Å². The van der Waals surface area contributed by atoms with E-state index in [4.69, 9.17) is 9.40 Å². The molecule has 2 amide bonds. The molecule has 2 N–H and O–H groups in total. The van der Waals surface area contributed by atoms with Crippen LogP contribution in [-0.2, 0) is 0 Å². The molecule has 0 bridgehead atoms. The number of hydrogen-bond acceptors (Lipinski definition) is 5. The average Bonchev–Trinajstić information content (AvgIpc) is 3.55. The van der Waals surface area contributed by atoms with Gasteiger partial charge in [0.15, 0.2) is 5.76 Å². The standard InChI is InChI=1S/C33H30N4O3/c1-4-21(2)23-11-13-25(14-12-23)30-20-28(27-8-5-6-9-29(27)35-30)32(38)37-36-22(3)24-15-17-26(18-16-24)34-33(39)31-10-7-19-40-31/h5-21H,4H2,1-3H3,(H,34,39)(H,37,38). The van der Waals surface area contributed by atoms with Gasteiger partial charge in [-0.15, -0.1) is 0 Å². The molecule has 2 aromatic heterocycles. The summed E-state index contributed by atoms with van der Waals surface area (Å²) in [6, 6.07) is 28.2. The molecular weight excluding hydrogens is 500 g/mol. The summed E-state index contributed by atoms with van der Waals surface area (Å²) < 4.78 is 5.12. The van der Waals surface area contributed by atoms with Crippen molar-refractivity contribution in [3.8, 4) is 11.3 Å². The maximum atomic E-state index is 13.3. The summed E-state index contributed by atoms with van der Waals surface area (Å²) >= 11 is 0. The maximum absolute atomic E-state index is 13.3. The first-order valence-electron chi connectivity index (χ1n) is 13.2. The highest BCUT2D eigenvalue weighted by molar-refractivity contribution is 6.08. The van der Waals surface area contributed by atoms with Gasteiger partial charge in [-0.05, 0) is 66.8 Å². The number of nitrogens with one attached hydrogen (secondary N) is 2. The molecule has 0 fully saturated rings. The van der Waals surface area contributed by atoms with Crippen LogP contribution < -0.4 is 10.7 Å². The number of aromatic nitrogens is 1. The van der Waals surface area contributed by atoms with Crippen molar-refractivity contribution in [1.82, 2.24) is 10.4 Å². The number of fused-ring (bicyclic) bond motifs is 1. The van der Waals surface area contributed by atoms with E-state index >= 15 is 0 Å². The van der Waals surface area contributed by atoms with E-state index in [1.807, 2.05) is 49.4 Å². The number of benzene rings is 3. The van der Waals surface area contributed by atoms with Crippen molar-refractivity contribution in [3.05, 3.63) is 120 Å². The quantitative estimate of drug-likeness (QED) is 0.161. The number of hydrogen-bond donors (Lipinski definition) is 2. The number of furan rings is 1. The van der Waals surface area contributed by atoms with Crippen LogP contribution in [0.1, 0.15) is 65.1 Å². The molecule has 0 saturated heterocycles. The molecule has 0 aliphatic carbocycles. The molecule has 0 saturated carbocycles. The van der Waals surface area contributed by atoms with E-state index in [9.17, 15) is 9.59 Å². The fraction of sp³-hybridized carbons (Fsp3) is 0.152. The third kappa shape index (κ3) is 5.83. The summed E-state index contributed by atoms with van der Waals surface area (Å²) in [7, 11) is 0. The van der Waals surface area contributed by atoms with E-state index in [1.165, 1.54) is 11.8 Å². The van der Waals surface area contributed by atoms with Crippen molar-refractivity contribution in [2.75, 3.05) is 5.32 Å². The van der Waals surface area contributed by atoms with Gasteiger partial charge in [0.1, 0.15) is 0 Å². The summed E-state index contributed by atoms with van der Waals surface area (Å²) in [4.78, 5) is 30.4. The molecular formula is C33H30N4O3. The Kier molecular flexibility index (Phi) is 7.82. The lowest BCUT2D eigenvalue weighted by atomic mass is 9.96. The van der Waals surface area contributed by atoms with Crippen molar-refractivity contribution in [2.45, 2.75) is 33.1 Å². The third-order valence-electron chi connectivity index (χ3n) is 6.98. The predicted octanol–water partition coefficient (Wildman–Crippen LogP) is 7.41.